The van der Waals surface area contributed by atoms with E-state index in [4.69, 9.17) is 10.8 Å². The molecular weight excluding hydrogens is 228 g/mol. The maximum absolute atomic E-state index is 10.7. The molecule has 4 nitrogen and oxygen atoms in total. The molecule has 0 radical (unpaired) electrons. The summed E-state index contributed by atoms with van der Waals surface area (Å²) in [5, 5.41) is 8.80. The Morgan fingerprint density at radius 1 is 1.11 bits per heavy atom. The first-order valence-corrected chi connectivity index (χ1v) is 5.22. The summed E-state index contributed by atoms with van der Waals surface area (Å²) >= 11 is 0. The molecule has 4 heteroatoms. The third kappa shape index (κ3) is 2.86. The Bertz CT molecular complexity index is 637. The number of carbonyl (C=O) groups is 1. The van der Waals surface area contributed by atoms with E-state index in [1.807, 2.05) is 12.1 Å². The summed E-state index contributed by atoms with van der Waals surface area (Å²) in [6.07, 6.45) is 1.43. The molecule has 1 heterocycles. The van der Waals surface area contributed by atoms with E-state index >= 15 is 0 Å². The third-order valence-corrected chi connectivity index (χ3v) is 2.24. The Hall–Kier alpha value is -2.80. The van der Waals surface area contributed by atoms with Crippen LogP contribution >= 0.6 is 0 Å². The first kappa shape index (κ1) is 11.7. The second kappa shape index (κ2) is 5.02. The minimum Gasteiger partial charge on any atom is -0.477 e. The lowest BCUT2D eigenvalue weighted by molar-refractivity contribution is 0.0690. The van der Waals surface area contributed by atoms with Gasteiger partial charge in [-0.15, -0.1) is 0 Å². The van der Waals surface area contributed by atoms with Gasteiger partial charge >= 0.3 is 5.97 Å². The highest BCUT2D eigenvalue weighted by molar-refractivity contribution is 5.85. The molecule has 1 aromatic carbocycles. The molecule has 0 amide bonds. The highest BCUT2D eigenvalue weighted by Gasteiger charge is 2.03. The first-order valence-electron chi connectivity index (χ1n) is 5.22. The number of nitrogens with two attached hydrogens (primary N) is 1. The zero-order valence-electron chi connectivity index (χ0n) is 9.42. The van der Waals surface area contributed by atoms with E-state index < -0.39 is 5.97 Å². The standard InChI is InChI=1S/C14H10N2O2/c15-12-5-3-10(4-6-12)1-2-11-7-8-16-13(9-11)14(17)18/h3-9H,15H2,(H,17,18). The summed E-state index contributed by atoms with van der Waals surface area (Å²) in [5.74, 6) is 4.75. The number of hydrogen-bond donors (Lipinski definition) is 2. The Morgan fingerprint density at radius 3 is 2.44 bits per heavy atom. The minimum atomic E-state index is -1.06. The lowest BCUT2D eigenvalue weighted by atomic mass is 10.2. The molecule has 1 aromatic heterocycles. The molecule has 0 bridgehead atoms. The average molecular weight is 238 g/mol. The molecule has 0 saturated heterocycles. The van der Waals surface area contributed by atoms with Gasteiger partial charge in [0.1, 0.15) is 5.69 Å². The molecule has 0 unspecified atom stereocenters. The number of pyridine rings is 1. The molecule has 3 N–H and O–H groups in total. The molecule has 0 aliphatic carbocycles. The Labute approximate surface area is 104 Å². The van der Waals surface area contributed by atoms with Gasteiger partial charge in [0.25, 0.3) is 0 Å². The van der Waals surface area contributed by atoms with E-state index in [1.54, 1.807) is 18.2 Å². The van der Waals surface area contributed by atoms with Crippen LogP contribution in [0.2, 0.25) is 0 Å². The number of rotatable bonds is 1. The van der Waals surface area contributed by atoms with Crippen molar-refractivity contribution in [2.75, 3.05) is 5.73 Å². The summed E-state index contributed by atoms with van der Waals surface area (Å²) in [5.41, 5.74) is 7.66. The van der Waals surface area contributed by atoms with E-state index in [0.29, 0.717) is 11.3 Å². The molecule has 0 fully saturated rings. The monoisotopic (exact) mass is 238 g/mol. The maximum atomic E-state index is 10.7. The van der Waals surface area contributed by atoms with Gasteiger partial charge in [0, 0.05) is 23.0 Å². The Balaban J connectivity index is 2.27. The molecule has 2 aromatic rings. The number of aromatic carboxylic acids is 1. The van der Waals surface area contributed by atoms with Crippen LogP contribution in [0.1, 0.15) is 21.6 Å². The van der Waals surface area contributed by atoms with Crippen molar-refractivity contribution >= 4 is 11.7 Å². The number of nitrogen functional groups attached to an aromatic ring is 1. The Kier molecular flexibility index (Phi) is 3.26. The van der Waals surface area contributed by atoms with Crippen LogP contribution in [0.5, 0.6) is 0 Å². The summed E-state index contributed by atoms with van der Waals surface area (Å²) in [6.45, 7) is 0. The average Bonchev–Trinajstić information content (AvgIpc) is 2.38. The van der Waals surface area contributed by atoms with Crippen LogP contribution in [0.25, 0.3) is 0 Å². The number of anilines is 1. The van der Waals surface area contributed by atoms with Crippen molar-refractivity contribution in [3.63, 3.8) is 0 Å². The summed E-state index contributed by atoms with van der Waals surface area (Å²) < 4.78 is 0. The second-order valence-electron chi connectivity index (χ2n) is 3.61. The quantitative estimate of drug-likeness (QED) is 0.586. The van der Waals surface area contributed by atoms with Crippen LogP contribution in [0.3, 0.4) is 0 Å². The number of benzene rings is 1. The minimum absolute atomic E-state index is 0.0147. The van der Waals surface area contributed by atoms with Crippen LogP contribution in [0, 0.1) is 11.8 Å². The van der Waals surface area contributed by atoms with Crippen LogP contribution in [0.4, 0.5) is 5.69 Å². The lowest BCUT2D eigenvalue weighted by Gasteiger charge is -1.94. The van der Waals surface area contributed by atoms with Crippen molar-refractivity contribution in [2.24, 2.45) is 0 Å². The predicted octanol–water partition coefficient (Wildman–Crippen LogP) is 1.76. The smallest absolute Gasteiger partial charge is 0.354 e. The van der Waals surface area contributed by atoms with E-state index in [0.717, 1.165) is 5.56 Å². The van der Waals surface area contributed by atoms with Gasteiger partial charge in [-0.1, -0.05) is 11.8 Å². The molecule has 18 heavy (non-hydrogen) atoms. The van der Waals surface area contributed by atoms with Crippen LogP contribution in [0.15, 0.2) is 42.6 Å². The van der Waals surface area contributed by atoms with E-state index in [2.05, 4.69) is 16.8 Å². The topological polar surface area (TPSA) is 76.2 Å². The zero-order valence-corrected chi connectivity index (χ0v) is 9.42. The third-order valence-electron chi connectivity index (χ3n) is 2.24. The fourth-order valence-electron chi connectivity index (χ4n) is 1.34. The van der Waals surface area contributed by atoms with Crippen molar-refractivity contribution in [3.05, 3.63) is 59.4 Å². The lowest BCUT2D eigenvalue weighted by Crippen LogP contribution is -1.99. The van der Waals surface area contributed by atoms with Crippen LogP contribution in [-0.4, -0.2) is 16.1 Å². The van der Waals surface area contributed by atoms with Crippen molar-refractivity contribution in [1.82, 2.24) is 4.98 Å². The van der Waals surface area contributed by atoms with Gasteiger partial charge in [0.2, 0.25) is 0 Å². The number of hydrogen-bond acceptors (Lipinski definition) is 3. The second-order valence-corrected chi connectivity index (χ2v) is 3.61. The van der Waals surface area contributed by atoms with Gasteiger partial charge in [-0.25, -0.2) is 9.78 Å². The first-order chi connectivity index (χ1) is 8.65. The van der Waals surface area contributed by atoms with Gasteiger partial charge in [0.05, 0.1) is 0 Å². The molecule has 88 valence electrons. The van der Waals surface area contributed by atoms with Gasteiger partial charge in [0.15, 0.2) is 0 Å². The SMILES string of the molecule is Nc1ccc(C#Cc2ccnc(C(=O)O)c2)cc1. The van der Waals surface area contributed by atoms with Crippen molar-refractivity contribution in [2.45, 2.75) is 0 Å². The molecule has 0 spiro atoms. The van der Waals surface area contributed by atoms with E-state index in [9.17, 15) is 4.79 Å². The van der Waals surface area contributed by atoms with Gasteiger partial charge in [-0.3, -0.25) is 0 Å². The molecule has 0 saturated carbocycles. The zero-order chi connectivity index (χ0) is 13.0. The van der Waals surface area contributed by atoms with Crippen molar-refractivity contribution in [1.29, 1.82) is 0 Å². The van der Waals surface area contributed by atoms with E-state index in [1.165, 1.54) is 12.3 Å². The van der Waals surface area contributed by atoms with Gasteiger partial charge < -0.3 is 10.8 Å². The molecule has 2 rings (SSSR count). The highest BCUT2D eigenvalue weighted by atomic mass is 16.4. The van der Waals surface area contributed by atoms with Crippen LogP contribution in [-0.2, 0) is 0 Å². The highest BCUT2D eigenvalue weighted by Crippen LogP contribution is 2.05. The van der Waals surface area contributed by atoms with Crippen molar-refractivity contribution in [3.8, 4) is 11.8 Å². The summed E-state index contributed by atoms with van der Waals surface area (Å²) in [6, 6.07) is 10.2. The number of carboxylic acid groups (broad SMARTS) is 1. The summed E-state index contributed by atoms with van der Waals surface area (Å²) in [7, 11) is 0. The number of carboxylic acids is 1. The largest absolute Gasteiger partial charge is 0.477 e. The summed E-state index contributed by atoms with van der Waals surface area (Å²) in [4.78, 5) is 14.5. The number of nitrogens with zero attached hydrogens (tertiary/aromatic N) is 1. The van der Waals surface area contributed by atoms with Crippen molar-refractivity contribution < 1.29 is 9.90 Å². The maximum Gasteiger partial charge on any atom is 0.354 e. The normalized spacial score (nSPS) is 9.33. The van der Waals surface area contributed by atoms with Crippen LogP contribution < -0.4 is 5.73 Å². The number of aromatic nitrogens is 1. The van der Waals surface area contributed by atoms with Gasteiger partial charge in [-0.2, -0.15) is 0 Å². The molecule has 0 atom stereocenters. The molecular formula is C14H10N2O2. The molecule has 0 aliphatic heterocycles. The molecule has 0 aliphatic rings. The van der Waals surface area contributed by atoms with Gasteiger partial charge in [-0.05, 0) is 36.4 Å². The van der Waals surface area contributed by atoms with E-state index in [-0.39, 0.29) is 5.69 Å². The fourth-order valence-corrected chi connectivity index (χ4v) is 1.34. The fraction of sp³-hybridized carbons (Fsp3) is 0. The Morgan fingerprint density at radius 2 is 1.78 bits per heavy atom. The predicted molar refractivity (Wildman–Crippen MR) is 68.0 cm³/mol.